The molecule has 92 valence electrons. The predicted octanol–water partition coefficient (Wildman–Crippen LogP) is 1.83. The van der Waals surface area contributed by atoms with Crippen LogP contribution in [0.4, 0.5) is 0 Å². The van der Waals surface area contributed by atoms with E-state index in [1.807, 2.05) is 31.2 Å². The molecule has 1 aromatic carbocycles. The molecule has 0 fully saturated rings. The molecule has 0 spiro atoms. The van der Waals surface area contributed by atoms with E-state index in [4.69, 9.17) is 14.6 Å². The van der Waals surface area contributed by atoms with Gasteiger partial charge in [-0.2, -0.15) is 0 Å². The zero-order chi connectivity index (χ0) is 12.5. The van der Waals surface area contributed by atoms with Crippen molar-refractivity contribution in [1.82, 2.24) is 0 Å². The van der Waals surface area contributed by atoms with Gasteiger partial charge in [0.05, 0.1) is 6.10 Å². The molecule has 0 aliphatic rings. The second-order valence-corrected chi connectivity index (χ2v) is 3.69. The van der Waals surface area contributed by atoms with Crippen LogP contribution in [0.3, 0.4) is 0 Å². The van der Waals surface area contributed by atoms with E-state index < -0.39 is 0 Å². The monoisotopic (exact) mass is 234 g/mol. The van der Waals surface area contributed by atoms with Gasteiger partial charge in [-0.25, -0.2) is 0 Å². The molecule has 1 rings (SSSR count). The Kier molecular flexibility index (Phi) is 6.16. The maximum absolute atomic E-state index is 8.57. The second-order valence-electron chi connectivity index (χ2n) is 3.69. The lowest BCUT2D eigenvalue weighted by Gasteiger charge is -2.14. The third kappa shape index (κ3) is 5.39. The Morgan fingerprint density at radius 1 is 1.29 bits per heavy atom. The maximum Gasteiger partial charge on any atom is 0.119 e. The molecule has 1 unspecified atom stereocenters. The van der Waals surface area contributed by atoms with E-state index >= 15 is 0 Å². The van der Waals surface area contributed by atoms with E-state index in [0.29, 0.717) is 6.61 Å². The quantitative estimate of drug-likeness (QED) is 0.790. The number of benzene rings is 1. The lowest BCUT2D eigenvalue weighted by molar-refractivity contribution is 0.135. The summed E-state index contributed by atoms with van der Waals surface area (Å²) in [5.74, 6) is 6.26. The van der Waals surface area contributed by atoms with Gasteiger partial charge in [0.25, 0.3) is 0 Å². The summed E-state index contributed by atoms with van der Waals surface area (Å²) >= 11 is 0. The van der Waals surface area contributed by atoms with Crippen molar-refractivity contribution in [3.63, 3.8) is 0 Å². The fraction of sp³-hybridized carbons (Fsp3) is 0.429. The van der Waals surface area contributed by atoms with Gasteiger partial charge in [-0.15, -0.1) is 0 Å². The summed E-state index contributed by atoms with van der Waals surface area (Å²) in [4.78, 5) is 0. The van der Waals surface area contributed by atoms with Crippen molar-refractivity contribution in [3.05, 3.63) is 29.8 Å². The number of ether oxygens (including phenoxy) is 2. The van der Waals surface area contributed by atoms with E-state index in [1.165, 1.54) is 0 Å². The van der Waals surface area contributed by atoms with Crippen LogP contribution in [0.25, 0.3) is 0 Å². The van der Waals surface area contributed by atoms with Gasteiger partial charge in [0, 0.05) is 25.7 Å². The molecule has 3 nitrogen and oxygen atoms in total. The van der Waals surface area contributed by atoms with Gasteiger partial charge in [0.2, 0.25) is 0 Å². The number of methoxy groups -OCH3 is 1. The molecular weight excluding hydrogens is 216 g/mol. The van der Waals surface area contributed by atoms with Crippen LogP contribution in [0.5, 0.6) is 5.75 Å². The summed E-state index contributed by atoms with van der Waals surface area (Å²) < 4.78 is 10.7. The average Bonchev–Trinajstić information content (AvgIpc) is 2.35. The molecule has 17 heavy (non-hydrogen) atoms. The Labute approximate surface area is 102 Å². The van der Waals surface area contributed by atoms with Crippen LogP contribution in [0, 0.1) is 11.8 Å². The van der Waals surface area contributed by atoms with E-state index in [1.54, 1.807) is 7.11 Å². The zero-order valence-corrected chi connectivity index (χ0v) is 10.3. The first-order chi connectivity index (χ1) is 8.26. The second kappa shape index (κ2) is 7.72. The van der Waals surface area contributed by atoms with Crippen LogP contribution >= 0.6 is 0 Å². The van der Waals surface area contributed by atoms with E-state index in [-0.39, 0.29) is 12.7 Å². The number of hydrogen-bond acceptors (Lipinski definition) is 3. The SMILES string of the molecule is COCCC(C)Oc1ccc(C#CCO)cc1. The molecule has 0 amide bonds. The maximum atomic E-state index is 8.57. The van der Waals surface area contributed by atoms with Gasteiger partial charge in [-0.05, 0) is 31.2 Å². The molecular formula is C14H18O3. The van der Waals surface area contributed by atoms with E-state index in [2.05, 4.69) is 11.8 Å². The van der Waals surface area contributed by atoms with Gasteiger partial charge in [-0.1, -0.05) is 11.8 Å². The highest BCUT2D eigenvalue weighted by molar-refractivity contribution is 5.38. The predicted molar refractivity (Wildman–Crippen MR) is 67.0 cm³/mol. The highest BCUT2D eigenvalue weighted by Crippen LogP contribution is 2.14. The summed E-state index contributed by atoms with van der Waals surface area (Å²) in [6.45, 7) is 2.59. The summed E-state index contributed by atoms with van der Waals surface area (Å²) in [5.41, 5.74) is 0.871. The van der Waals surface area contributed by atoms with Crippen molar-refractivity contribution in [2.45, 2.75) is 19.4 Å². The summed E-state index contributed by atoms with van der Waals surface area (Å²) in [6, 6.07) is 7.51. The smallest absolute Gasteiger partial charge is 0.119 e. The van der Waals surface area contributed by atoms with E-state index in [0.717, 1.165) is 17.7 Å². The molecule has 0 saturated heterocycles. The Balaban J connectivity index is 2.50. The Hall–Kier alpha value is -1.50. The van der Waals surface area contributed by atoms with Gasteiger partial charge in [0.15, 0.2) is 0 Å². The molecule has 1 aromatic rings. The largest absolute Gasteiger partial charge is 0.491 e. The van der Waals surface area contributed by atoms with Gasteiger partial charge in [-0.3, -0.25) is 0 Å². The van der Waals surface area contributed by atoms with Crippen LogP contribution in [-0.4, -0.2) is 31.5 Å². The van der Waals surface area contributed by atoms with Crippen molar-refractivity contribution in [2.24, 2.45) is 0 Å². The lowest BCUT2D eigenvalue weighted by Crippen LogP contribution is -2.14. The number of rotatable bonds is 5. The van der Waals surface area contributed by atoms with Crippen LogP contribution in [-0.2, 0) is 4.74 Å². The van der Waals surface area contributed by atoms with Crippen LogP contribution in [0.15, 0.2) is 24.3 Å². The van der Waals surface area contributed by atoms with Crippen molar-refractivity contribution in [2.75, 3.05) is 20.3 Å². The first-order valence-electron chi connectivity index (χ1n) is 5.61. The minimum Gasteiger partial charge on any atom is -0.491 e. The third-order valence-electron chi connectivity index (χ3n) is 2.23. The van der Waals surface area contributed by atoms with Gasteiger partial charge >= 0.3 is 0 Å². The molecule has 0 radical (unpaired) electrons. The highest BCUT2D eigenvalue weighted by atomic mass is 16.5. The van der Waals surface area contributed by atoms with Crippen LogP contribution in [0.1, 0.15) is 18.9 Å². The molecule has 3 heteroatoms. The van der Waals surface area contributed by atoms with Crippen molar-refractivity contribution in [3.8, 4) is 17.6 Å². The molecule has 1 atom stereocenters. The molecule has 0 aliphatic heterocycles. The molecule has 0 heterocycles. The summed E-state index contributed by atoms with van der Waals surface area (Å²) in [7, 11) is 1.68. The highest BCUT2D eigenvalue weighted by Gasteiger charge is 2.03. The molecule has 0 saturated carbocycles. The Morgan fingerprint density at radius 2 is 2.00 bits per heavy atom. The fourth-order valence-corrected chi connectivity index (χ4v) is 1.33. The standard InChI is InChI=1S/C14H18O3/c1-12(9-11-16-2)17-14-7-5-13(6-8-14)4-3-10-15/h5-8,12,15H,9-11H2,1-2H3. The number of aliphatic hydroxyl groups excluding tert-OH is 1. The minimum atomic E-state index is -0.119. The van der Waals surface area contributed by atoms with E-state index in [9.17, 15) is 0 Å². The fourth-order valence-electron chi connectivity index (χ4n) is 1.33. The van der Waals surface area contributed by atoms with Gasteiger partial charge in [0.1, 0.15) is 12.4 Å². The molecule has 0 aliphatic carbocycles. The summed E-state index contributed by atoms with van der Waals surface area (Å²) in [5, 5.41) is 8.57. The first kappa shape index (κ1) is 13.6. The normalized spacial score (nSPS) is 11.5. The topological polar surface area (TPSA) is 38.7 Å². The Morgan fingerprint density at radius 3 is 2.59 bits per heavy atom. The third-order valence-corrected chi connectivity index (χ3v) is 2.23. The zero-order valence-electron chi connectivity index (χ0n) is 10.3. The van der Waals surface area contributed by atoms with Crippen molar-refractivity contribution >= 4 is 0 Å². The summed E-state index contributed by atoms with van der Waals surface area (Å²) in [6.07, 6.45) is 0.993. The van der Waals surface area contributed by atoms with Crippen LogP contribution < -0.4 is 4.74 Å². The molecule has 0 aromatic heterocycles. The van der Waals surface area contributed by atoms with Gasteiger partial charge < -0.3 is 14.6 Å². The number of hydrogen-bond donors (Lipinski definition) is 1. The van der Waals surface area contributed by atoms with Crippen LogP contribution in [0.2, 0.25) is 0 Å². The van der Waals surface area contributed by atoms with Crippen molar-refractivity contribution < 1.29 is 14.6 Å². The average molecular weight is 234 g/mol. The first-order valence-corrected chi connectivity index (χ1v) is 5.61. The van der Waals surface area contributed by atoms with Crippen molar-refractivity contribution in [1.29, 1.82) is 0 Å². The molecule has 0 bridgehead atoms. The molecule has 1 N–H and O–H groups in total. The minimum absolute atomic E-state index is 0.119. The Bertz CT molecular complexity index is 373. The lowest BCUT2D eigenvalue weighted by atomic mass is 10.2. The number of aliphatic hydroxyl groups is 1.